The number of hydrogen-bond donors (Lipinski definition) is 1. The normalized spacial score (nSPS) is 17.9. The Kier molecular flexibility index (Phi) is 5.21. The average Bonchev–Trinajstić information content (AvgIpc) is 2.68. The molecule has 0 heterocycles. The van der Waals surface area contributed by atoms with E-state index in [0.717, 1.165) is 12.6 Å². The summed E-state index contributed by atoms with van der Waals surface area (Å²) in [6.45, 7) is 1.70. The van der Waals surface area contributed by atoms with Crippen LogP contribution in [-0.2, 0) is 13.1 Å². The molecule has 100 valence electrons. The summed E-state index contributed by atoms with van der Waals surface area (Å²) in [4.78, 5) is 2.53. The Morgan fingerprint density at radius 3 is 2.11 bits per heavy atom. The molecule has 0 bridgehead atoms. The van der Waals surface area contributed by atoms with Crippen LogP contribution in [0.25, 0.3) is 0 Å². The monoisotopic (exact) mass is 246 g/mol. The third kappa shape index (κ3) is 3.82. The fraction of sp³-hybridized carbons (Fsp3) is 0.625. The lowest BCUT2D eigenvalue weighted by molar-refractivity contribution is 0.213. The molecule has 1 aromatic rings. The number of rotatable bonds is 4. The first kappa shape index (κ1) is 13.6. The molecule has 1 aliphatic carbocycles. The summed E-state index contributed by atoms with van der Waals surface area (Å²) in [6, 6.07) is 9.51. The van der Waals surface area contributed by atoms with Crippen molar-refractivity contribution in [2.45, 2.75) is 57.7 Å². The summed E-state index contributed by atoms with van der Waals surface area (Å²) < 4.78 is 0. The summed E-state index contributed by atoms with van der Waals surface area (Å²) in [5.74, 6) is 0. The molecule has 1 saturated carbocycles. The molecule has 0 unspecified atom stereocenters. The van der Waals surface area contributed by atoms with Gasteiger partial charge in [0, 0.05) is 19.1 Å². The highest BCUT2D eigenvalue weighted by atomic mass is 15.1. The van der Waals surface area contributed by atoms with Crippen LogP contribution in [0, 0.1) is 0 Å². The molecular formula is C16H26N2. The Morgan fingerprint density at radius 2 is 1.56 bits per heavy atom. The van der Waals surface area contributed by atoms with Crippen molar-refractivity contribution >= 4 is 0 Å². The van der Waals surface area contributed by atoms with Crippen molar-refractivity contribution in [3.8, 4) is 0 Å². The third-order valence-corrected chi connectivity index (χ3v) is 4.14. The van der Waals surface area contributed by atoms with Crippen LogP contribution >= 0.6 is 0 Å². The molecule has 2 N–H and O–H groups in total. The molecule has 0 spiro atoms. The molecule has 1 aromatic carbocycles. The van der Waals surface area contributed by atoms with Crippen LogP contribution in [-0.4, -0.2) is 18.0 Å². The van der Waals surface area contributed by atoms with Gasteiger partial charge in [-0.25, -0.2) is 0 Å². The smallest absolute Gasteiger partial charge is 0.0233 e. The molecule has 2 nitrogen and oxygen atoms in total. The van der Waals surface area contributed by atoms with E-state index < -0.39 is 0 Å². The van der Waals surface area contributed by atoms with Crippen molar-refractivity contribution in [2.24, 2.45) is 5.73 Å². The van der Waals surface area contributed by atoms with Crippen molar-refractivity contribution in [1.29, 1.82) is 0 Å². The molecule has 18 heavy (non-hydrogen) atoms. The van der Waals surface area contributed by atoms with Crippen LogP contribution in [0.3, 0.4) is 0 Å². The maximum absolute atomic E-state index is 5.63. The summed E-state index contributed by atoms with van der Waals surface area (Å²) in [5, 5.41) is 0. The molecule has 0 atom stereocenters. The van der Waals surface area contributed by atoms with E-state index in [4.69, 9.17) is 5.73 Å². The molecule has 0 saturated heterocycles. The second kappa shape index (κ2) is 6.91. The standard InChI is InChI=1S/C16H26N2/c1-18(16-6-4-2-3-5-7-16)13-15-10-8-14(12-17)9-11-15/h8-11,16H,2-7,12-13,17H2,1H3. The van der Waals surface area contributed by atoms with Crippen molar-refractivity contribution in [2.75, 3.05) is 7.05 Å². The van der Waals surface area contributed by atoms with Crippen LogP contribution < -0.4 is 5.73 Å². The first-order valence-corrected chi connectivity index (χ1v) is 7.27. The van der Waals surface area contributed by atoms with Crippen LogP contribution in [0.4, 0.5) is 0 Å². The summed E-state index contributed by atoms with van der Waals surface area (Å²) >= 11 is 0. The number of nitrogens with zero attached hydrogens (tertiary/aromatic N) is 1. The van der Waals surface area contributed by atoms with Gasteiger partial charge in [0.25, 0.3) is 0 Å². The highest BCUT2D eigenvalue weighted by Crippen LogP contribution is 2.22. The maximum atomic E-state index is 5.63. The second-order valence-corrected chi connectivity index (χ2v) is 5.58. The molecule has 2 rings (SSSR count). The van der Waals surface area contributed by atoms with Crippen LogP contribution in [0.2, 0.25) is 0 Å². The van der Waals surface area contributed by atoms with Gasteiger partial charge in [0.05, 0.1) is 0 Å². The molecule has 1 aliphatic rings. The SMILES string of the molecule is CN(Cc1ccc(CN)cc1)C1CCCCCC1. The number of nitrogens with two attached hydrogens (primary N) is 1. The lowest BCUT2D eigenvalue weighted by atomic mass is 10.1. The highest BCUT2D eigenvalue weighted by Gasteiger charge is 2.16. The Morgan fingerprint density at radius 1 is 1.00 bits per heavy atom. The Hall–Kier alpha value is -0.860. The number of hydrogen-bond acceptors (Lipinski definition) is 2. The van der Waals surface area contributed by atoms with Crippen LogP contribution in [0.5, 0.6) is 0 Å². The first-order chi connectivity index (χ1) is 8.79. The Labute approximate surface area is 111 Å². The van der Waals surface area contributed by atoms with E-state index in [2.05, 4.69) is 36.2 Å². The third-order valence-electron chi connectivity index (χ3n) is 4.14. The largest absolute Gasteiger partial charge is 0.326 e. The van der Waals surface area contributed by atoms with Gasteiger partial charge in [0.1, 0.15) is 0 Å². The minimum Gasteiger partial charge on any atom is -0.326 e. The van der Waals surface area contributed by atoms with Gasteiger partial charge in [0.2, 0.25) is 0 Å². The van der Waals surface area contributed by atoms with Gasteiger partial charge in [-0.1, -0.05) is 49.9 Å². The molecular weight excluding hydrogens is 220 g/mol. The molecule has 0 aliphatic heterocycles. The van der Waals surface area contributed by atoms with Gasteiger partial charge in [-0.2, -0.15) is 0 Å². The predicted octanol–water partition coefficient (Wildman–Crippen LogP) is 3.30. The van der Waals surface area contributed by atoms with Crippen LogP contribution in [0.1, 0.15) is 49.7 Å². The van der Waals surface area contributed by atoms with E-state index in [9.17, 15) is 0 Å². The van der Waals surface area contributed by atoms with E-state index in [1.54, 1.807) is 0 Å². The lowest BCUT2D eigenvalue weighted by Crippen LogP contribution is -2.30. The average molecular weight is 246 g/mol. The van der Waals surface area contributed by atoms with Crippen molar-refractivity contribution < 1.29 is 0 Å². The zero-order chi connectivity index (χ0) is 12.8. The second-order valence-electron chi connectivity index (χ2n) is 5.58. The minimum absolute atomic E-state index is 0.638. The fourth-order valence-corrected chi connectivity index (χ4v) is 2.90. The van der Waals surface area contributed by atoms with Crippen LogP contribution in [0.15, 0.2) is 24.3 Å². The van der Waals surface area contributed by atoms with Gasteiger partial charge in [-0.05, 0) is 31.0 Å². The molecule has 0 aromatic heterocycles. The lowest BCUT2D eigenvalue weighted by Gasteiger charge is -2.27. The minimum atomic E-state index is 0.638. The van der Waals surface area contributed by atoms with E-state index in [0.29, 0.717) is 6.54 Å². The number of benzene rings is 1. The van der Waals surface area contributed by atoms with E-state index in [1.807, 2.05) is 0 Å². The zero-order valence-electron chi connectivity index (χ0n) is 11.6. The molecule has 0 radical (unpaired) electrons. The summed E-state index contributed by atoms with van der Waals surface area (Å²) in [6.07, 6.45) is 8.40. The zero-order valence-corrected chi connectivity index (χ0v) is 11.6. The van der Waals surface area contributed by atoms with Crippen molar-refractivity contribution in [1.82, 2.24) is 4.90 Å². The van der Waals surface area contributed by atoms with Gasteiger partial charge in [-0.3, -0.25) is 4.90 Å². The quantitative estimate of drug-likeness (QED) is 0.826. The highest BCUT2D eigenvalue weighted by molar-refractivity contribution is 5.22. The van der Waals surface area contributed by atoms with Crippen molar-refractivity contribution in [3.63, 3.8) is 0 Å². The fourth-order valence-electron chi connectivity index (χ4n) is 2.90. The molecule has 0 amide bonds. The summed E-state index contributed by atoms with van der Waals surface area (Å²) in [7, 11) is 2.27. The molecule has 2 heteroatoms. The summed E-state index contributed by atoms with van der Waals surface area (Å²) in [5.41, 5.74) is 8.25. The van der Waals surface area contributed by atoms with Gasteiger partial charge in [-0.15, -0.1) is 0 Å². The van der Waals surface area contributed by atoms with Gasteiger partial charge >= 0.3 is 0 Å². The topological polar surface area (TPSA) is 29.3 Å². The maximum Gasteiger partial charge on any atom is 0.0233 e. The van der Waals surface area contributed by atoms with E-state index >= 15 is 0 Å². The van der Waals surface area contributed by atoms with E-state index in [-0.39, 0.29) is 0 Å². The van der Waals surface area contributed by atoms with Gasteiger partial charge < -0.3 is 5.73 Å². The van der Waals surface area contributed by atoms with Gasteiger partial charge in [0.15, 0.2) is 0 Å². The Balaban J connectivity index is 1.90. The predicted molar refractivity (Wildman–Crippen MR) is 77.3 cm³/mol. The molecule has 1 fully saturated rings. The first-order valence-electron chi connectivity index (χ1n) is 7.27. The Bertz CT molecular complexity index is 337. The van der Waals surface area contributed by atoms with E-state index in [1.165, 1.54) is 49.7 Å². The van der Waals surface area contributed by atoms with Crippen molar-refractivity contribution in [3.05, 3.63) is 35.4 Å².